The third-order valence-corrected chi connectivity index (χ3v) is 4.58. The summed E-state index contributed by atoms with van der Waals surface area (Å²) in [6.45, 7) is 3.19. The average molecular weight is 392 g/mol. The maximum absolute atomic E-state index is 12.8. The molecular formula is C18H15Cl2N3O3. The molecule has 8 heteroatoms. The molecule has 3 aromatic rings. The van der Waals surface area contributed by atoms with Gasteiger partial charge in [0.2, 0.25) is 0 Å². The number of aromatic nitrogens is 2. The second kappa shape index (κ2) is 6.97. The van der Waals surface area contributed by atoms with E-state index < -0.39 is 17.0 Å². The first kappa shape index (κ1) is 18.2. The number of benzene rings is 1. The summed E-state index contributed by atoms with van der Waals surface area (Å²) in [6, 6.07) is 11.1. The average Bonchev–Trinajstić information content (AvgIpc) is 3.13. The number of furan rings is 1. The molecule has 0 saturated heterocycles. The maximum atomic E-state index is 12.8. The molecule has 0 fully saturated rings. The molecule has 1 amide bonds. The van der Waals surface area contributed by atoms with Gasteiger partial charge in [-0.15, -0.1) is 0 Å². The Hall–Kier alpha value is -2.57. The number of hydrogen-bond acceptors (Lipinski definition) is 4. The van der Waals surface area contributed by atoms with Crippen molar-refractivity contribution in [3.63, 3.8) is 0 Å². The summed E-state index contributed by atoms with van der Waals surface area (Å²) in [7, 11) is 0. The van der Waals surface area contributed by atoms with Gasteiger partial charge in [-0.2, -0.15) is 5.10 Å². The summed E-state index contributed by atoms with van der Waals surface area (Å²) in [5.41, 5.74) is -0.751. The van der Waals surface area contributed by atoms with E-state index in [-0.39, 0.29) is 0 Å². The number of amides is 1. The Kier molecular flexibility index (Phi) is 4.89. The van der Waals surface area contributed by atoms with Gasteiger partial charge < -0.3 is 9.73 Å². The zero-order valence-corrected chi connectivity index (χ0v) is 15.5. The topological polar surface area (TPSA) is 77.1 Å². The Bertz CT molecular complexity index is 1010. The first-order valence-electron chi connectivity index (χ1n) is 7.70. The Morgan fingerprint density at radius 1 is 1.15 bits per heavy atom. The Morgan fingerprint density at radius 2 is 1.92 bits per heavy atom. The van der Waals surface area contributed by atoms with Gasteiger partial charge in [0.25, 0.3) is 11.5 Å². The van der Waals surface area contributed by atoms with E-state index in [1.165, 1.54) is 18.4 Å². The van der Waals surface area contributed by atoms with E-state index in [1.54, 1.807) is 44.2 Å². The van der Waals surface area contributed by atoms with Crippen molar-refractivity contribution in [2.24, 2.45) is 0 Å². The minimum Gasteiger partial charge on any atom is -0.463 e. The first-order valence-corrected chi connectivity index (χ1v) is 8.46. The molecule has 1 N–H and O–H groups in total. The monoisotopic (exact) mass is 391 g/mol. The van der Waals surface area contributed by atoms with Crippen LogP contribution in [0.2, 0.25) is 10.0 Å². The summed E-state index contributed by atoms with van der Waals surface area (Å²) in [5, 5.41) is 7.71. The molecule has 0 bridgehead atoms. The van der Waals surface area contributed by atoms with Gasteiger partial charge in [0.15, 0.2) is 5.76 Å². The highest BCUT2D eigenvalue weighted by Gasteiger charge is 2.32. The van der Waals surface area contributed by atoms with E-state index in [0.29, 0.717) is 27.2 Å². The fraction of sp³-hybridized carbons (Fsp3) is 0.167. The van der Waals surface area contributed by atoms with E-state index >= 15 is 0 Å². The quantitative estimate of drug-likeness (QED) is 0.723. The van der Waals surface area contributed by atoms with Gasteiger partial charge in [0.05, 0.1) is 16.3 Å². The van der Waals surface area contributed by atoms with Crippen LogP contribution in [-0.4, -0.2) is 15.7 Å². The van der Waals surface area contributed by atoms with Crippen molar-refractivity contribution in [2.45, 2.75) is 19.4 Å². The highest BCUT2D eigenvalue weighted by molar-refractivity contribution is 6.42. The van der Waals surface area contributed by atoms with Gasteiger partial charge in [-0.05, 0) is 50.2 Å². The predicted molar refractivity (Wildman–Crippen MR) is 101 cm³/mol. The van der Waals surface area contributed by atoms with Crippen molar-refractivity contribution < 1.29 is 9.21 Å². The summed E-state index contributed by atoms with van der Waals surface area (Å²) in [6.07, 6.45) is 1.51. The molecule has 0 atom stereocenters. The Labute approximate surface area is 159 Å². The molecular weight excluding hydrogens is 377 g/mol. The molecule has 3 rings (SSSR count). The number of hydrogen-bond donors (Lipinski definition) is 1. The first-order chi connectivity index (χ1) is 12.3. The van der Waals surface area contributed by atoms with Crippen LogP contribution >= 0.6 is 23.2 Å². The molecule has 0 unspecified atom stereocenters. The standard InChI is InChI=1S/C18H15Cl2N3O3/c1-18(2,17(25)21-11-5-6-12(19)13(20)10-11)23-16(24)8-7-14(22-23)15-4-3-9-26-15/h3-10H,1-2H3,(H,21,25). The zero-order chi connectivity index (χ0) is 18.9. The smallest absolute Gasteiger partial charge is 0.267 e. The van der Waals surface area contributed by atoms with Crippen LogP contribution < -0.4 is 10.9 Å². The van der Waals surface area contributed by atoms with Gasteiger partial charge >= 0.3 is 0 Å². The molecule has 0 saturated carbocycles. The summed E-state index contributed by atoms with van der Waals surface area (Å²) in [5.74, 6) is 0.0709. The molecule has 0 aliphatic heterocycles. The van der Waals surface area contributed by atoms with E-state index in [1.807, 2.05) is 0 Å². The molecule has 6 nitrogen and oxygen atoms in total. The van der Waals surface area contributed by atoms with Crippen molar-refractivity contribution in [1.82, 2.24) is 9.78 Å². The number of halogens is 2. The molecule has 134 valence electrons. The van der Waals surface area contributed by atoms with Crippen LogP contribution in [0.3, 0.4) is 0 Å². The van der Waals surface area contributed by atoms with E-state index in [4.69, 9.17) is 27.6 Å². The number of carbonyl (C=O) groups excluding carboxylic acids is 1. The van der Waals surface area contributed by atoms with E-state index in [9.17, 15) is 9.59 Å². The number of nitrogens with one attached hydrogen (secondary N) is 1. The third kappa shape index (κ3) is 3.52. The largest absolute Gasteiger partial charge is 0.463 e. The number of carbonyl (C=O) groups is 1. The third-order valence-electron chi connectivity index (χ3n) is 3.84. The summed E-state index contributed by atoms with van der Waals surface area (Å²) >= 11 is 11.9. The van der Waals surface area contributed by atoms with Crippen molar-refractivity contribution in [2.75, 3.05) is 5.32 Å². The van der Waals surface area contributed by atoms with Crippen LogP contribution in [0.4, 0.5) is 5.69 Å². The lowest BCUT2D eigenvalue weighted by molar-refractivity contribution is -0.123. The summed E-state index contributed by atoms with van der Waals surface area (Å²) in [4.78, 5) is 25.1. The van der Waals surface area contributed by atoms with Crippen LogP contribution in [0.15, 0.2) is 57.9 Å². The van der Waals surface area contributed by atoms with Crippen LogP contribution in [-0.2, 0) is 10.3 Å². The lowest BCUT2D eigenvalue weighted by Gasteiger charge is -2.25. The van der Waals surface area contributed by atoms with Gasteiger partial charge in [-0.25, -0.2) is 4.68 Å². The van der Waals surface area contributed by atoms with Crippen LogP contribution in [0.1, 0.15) is 13.8 Å². The lowest BCUT2D eigenvalue weighted by atomic mass is 10.0. The normalized spacial score (nSPS) is 11.4. The Morgan fingerprint density at radius 3 is 2.58 bits per heavy atom. The van der Waals surface area contributed by atoms with E-state index in [2.05, 4.69) is 10.4 Å². The van der Waals surface area contributed by atoms with Crippen molar-refractivity contribution >= 4 is 34.8 Å². The lowest BCUT2D eigenvalue weighted by Crippen LogP contribution is -2.47. The molecule has 0 spiro atoms. The minimum absolute atomic E-state index is 0.317. The van der Waals surface area contributed by atoms with Gasteiger partial charge in [0.1, 0.15) is 11.2 Å². The van der Waals surface area contributed by atoms with E-state index in [0.717, 1.165) is 4.68 Å². The SMILES string of the molecule is CC(C)(C(=O)Nc1ccc(Cl)c(Cl)c1)n1nc(-c2ccco2)ccc1=O. The second-order valence-corrected chi connectivity index (χ2v) is 6.90. The van der Waals surface area contributed by atoms with Crippen molar-refractivity contribution in [3.05, 3.63) is 69.1 Å². The molecule has 0 aliphatic rings. The molecule has 0 aliphatic carbocycles. The van der Waals surface area contributed by atoms with Crippen molar-refractivity contribution in [1.29, 1.82) is 0 Å². The molecule has 2 heterocycles. The van der Waals surface area contributed by atoms with Crippen LogP contribution in [0.25, 0.3) is 11.5 Å². The zero-order valence-electron chi connectivity index (χ0n) is 14.0. The van der Waals surface area contributed by atoms with Crippen molar-refractivity contribution in [3.8, 4) is 11.5 Å². The van der Waals surface area contributed by atoms with Gasteiger partial charge in [-0.1, -0.05) is 23.2 Å². The minimum atomic E-state index is -1.26. The van der Waals surface area contributed by atoms with Crippen LogP contribution in [0.5, 0.6) is 0 Å². The fourth-order valence-corrected chi connectivity index (χ4v) is 2.62. The predicted octanol–water partition coefficient (Wildman–Crippen LogP) is 4.18. The number of anilines is 1. The number of rotatable bonds is 4. The second-order valence-electron chi connectivity index (χ2n) is 6.09. The molecule has 26 heavy (non-hydrogen) atoms. The van der Waals surface area contributed by atoms with Crippen LogP contribution in [0, 0.1) is 0 Å². The highest BCUT2D eigenvalue weighted by atomic mass is 35.5. The molecule has 1 aromatic carbocycles. The highest BCUT2D eigenvalue weighted by Crippen LogP contribution is 2.26. The summed E-state index contributed by atoms with van der Waals surface area (Å²) < 4.78 is 6.42. The van der Waals surface area contributed by atoms with Gasteiger partial charge in [-0.3, -0.25) is 9.59 Å². The molecule has 2 aromatic heterocycles. The maximum Gasteiger partial charge on any atom is 0.267 e. The Balaban J connectivity index is 1.93. The molecule has 0 radical (unpaired) electrons. The fourth-order valence-electron chi connectivity index (χ4n) is 2.32. The van der Waals surface area contributed by atoms with Gasteiger partial charge in [0, 0.05) is 11.8 Å². The number of nitrogens with zero attached hydrogens (tertiary/aromatic N) is 2.